The number of hydrogen-bond acceptors (Lipinski definition) is 1. The van der Waals surface area contributed by atoms with Crippen LogP contribution in [0.4, 0.5) is 0 Å². The number of halogens is 3. The van der Waals surface area contributed by atoms with E-state index in [0.29, 0.717) is 27.4 Å². The van der Waals surface area contributed by atoms with Gasteiger partial charge in [0.15, 0.2) is 5.75 Å². The zero-order valence-electron chi connectivity index (χ0n) is 12.0. The van der Waals surface area contributed by atoms with Gasteiger partial charge in [0.05, 0.1) is 10.0 Å². The number of rotatable bonds is 5. The van der Waals surface area contributed by atoms with E-state index in [4.69, 9.17) is 39.5 Å². The maximum absolute atomic E-state index is 6.09. The second-order valence-corrected chi connectivity index (χ2v) is 6.85. The van der Waals surface area contributed by atoms with Crippen molar-refractivity contribution in [3.63, 3.8) is 0 Å². The zero-order chi connectivity index (χ0) is 15.5. The summed E-state index contributed by atoms with van der Waals surface area (Å²) in [4.78, 5) is 0. The van der Waals surface area contributed by atoms with Crippen molar-refractivity contribution in [2.75, 3.05) is 5.88 Å². The third-order valence-corrected chi connectivity index (χ3v) is 4.43. The third-order valence-electron chi connectivity index (χ3n) is 3.11. The van der Waals surface area contributed by atoms with E-state index >= 15 is 0 Å². The van der Waals surface area contributed by atoms with Crippen LogP contribution in [-0.4, -0.2) is 5.88 Å². The largest absolute Gasteiger partial charge is 0.454 e. The fourth-order valence-electron chi connectivity index (χ4n) is 1.97. The van der Waals surface area contributed by atoms with E-state index in [2.05, 4.69) is 13.8 Å². The average Bonchev–Trinajstić information content (AvgIpc) is 2.45. The monoisotopic (exact) mass is 342 g/mol. The van der Waals surface area contributed by atoms with Gasteiger partial charge in [0.1, 0.15) is 5.75 Å². The molecule has 2 aromatic rings. The molecule has 0 aromatic heterocycles. The maximum atomic E-state index is 6.09. The quantitative estimate of drug-likeness (QED) is 0.556. The molecule has 0 bridgehead atoms. The number of hydrogen-bond donors (Lipinski definition) is 0. The van der Waals surface area contributed by atoms with Gasteiger partial charge in [0.2, 0.25) is 0 Å². The van der Waals surface area contributed by atoms with Crippen molar-refractivity contribution in [2.45, 2.75) is 20.3 Å². The van der Waals surface area contributed by atoms with Gasteiger partial charge in [0.25, 0.3) is 0 Å². The maximum Gasteiger partial charge on any atom is 0.164 e. The van der Waals surface area contributed by atoms with Crippen LogP contribution in [0.5, 0.6) is 11.5 Å². The van der Waals surface area contributed by atoms with Crippen molar-refractivity contribution in [1.82, 2.24) is 0 Å². The minimum Gasteiger partial charge on any atom is -0.454 e. The number of alkyl halides is 1. The molecule has 0 radical (unpaired) electrons. The van der Waals surface area contributed by atoms with Crippen LogP contribution in [0.2, 0.25) is 10.0 Å². The molecule has 0 spiro atoms. The summed E-state index contributed by atoms with van der Waals surface area (Å²) in [6.45, 7) is 4.29. The lowest BCUT2D eigenvalue weighted by molar-refractivity contribution is 0.417. The van der Waals surface area contributed by atoms with E-state index in [1.54, 1.807) is 18.2 Å². The molecule has 0 unspecified atom stereocenters. The summed E-state index contributed by atoms with van der Waals surface area (Å²) < 4.78 is 5.76. The van der Waals surface area contributed by atoms with Crippen LogP contribution in [0.15, 0.2) is 42.5 Å². The van der Waals surface area contributed by atoms with Gasteiger partial charge < -0.3 is 4.74 Å². The van der Waals surface area contributed by atoms with Crippen LogP contribution >= 0.6 is 34.8 Å². The lowest BCUT2D eigenvalue weighted by atomic mass is 9.88. The third kappa shape index (κ3) is 4.54. The van der Waals surface area contributed by atoms with Crippen LogP contribution in [0.1, 0.15) is 19.4 Å². The van der Waals surface area contributed by atoms with E-state index in [1.807, 2.05) is 24.3 Å². The van der Waals surface area contributed by atoms with Gasteiger partial charge in [0, 0.05) is 5.88 Å². The smallest absolute Gasteiger partial charge is 0.164 e. The number of para-hydroxylation sites is 1. The van der Waals surface area contributed by atoms with E-state index in [9.17, 15) is 0 Å². The Balaban J connectivity index is 2.13. The molecule has 2 rings (SSSR count). The molecule has 0 aliphatic carbocycles. The Morgan fingerprint density at radius 2 is 1.52 bits per heavy atom. The molecule has 4 heteroatoms. The predicted molar refractivity (Wildman–Crippen MR) is 91.2 cm³/mol. The molecule has 0 aliphatic rings. The minimum absolute atomic E-state index is 0.0793. The van der Waals surface area contributed by atoms with Crippen molar-refractivity contribution in [3.05, 3.63) is 58.1 Å². The van der Waals surface area contributed by atoms with Gasteiger partial charge in [-0.1, -0.05) is 55.2 Å². The van der Waals surface area contributed by atoms with Gasteiger partial charge in [-0.15, -0.1) is 11.6 Å². The second-order valence-electron chi connectivity index (χ2n) is 5.77. The van der Waals surface area contributed by atoms with Crippen molar-refractivity contribution in [2.24, 2.45) is 5.41 Å². The first kappa shape index (κ1) is 16.5. The van der Waals surface area contributed by atoms with Crippen LogP contribution in [0.25, 0.3) is 0 Å². The summed E-state index contributed by atoms with van der Waals surface area (Å²) in [6.07, 6.45) is 0.920. The lowest BCUT2D eigenvalue weighted by Crippen LogP contribution is -2.16. The minimum atomic E-state index is 0.0793. The molecule has 0 amide bonds. The molecule has 2 aromatic carbocycles. The van der Waals surface area contributed by atoms with Gasteiger partial charge in [-0.25, -0.2) is 0 Å². The van der Waals surface area contributed by atoms with Crippen molar-refractivity contribution < 1.29 is 4.74 Å². The van der Waals surface area contributed by atoms with Crippen LogP contribution < -0.4 is 4.74 Å². The van der Waals surface area contributed by atoms with Crippen molar-refractivity contribution in [1.29, 1.82) is 0 Å². The van der Waals surface area contributed by atoms with Crippen LogP contribution in [0.3, 0.4) is 0 Å². The highest BCUT2D eigenvalue weighted by atomic mass is 35.5. The Morgan fingerprint density at radius 1 is 0.952 bits per heavy atom. The highest BCUT2D eigenvalue weighted by molar-refractivity contribution is 6.37. The Bertz CT molecular complexity index is 586. The normalized spacial score (nSPS) is 11.5. The summed E-state index contributed by atoms with van der Waals surface area (Å²) >= 11 is 18.1. The standard InChI is InChI=1S/C17H17Cl3O/c1-17(2,11-18)10-12-6-8-13(9-7-12)21-16-14(19)4-3-5-15(16)20/h3-9H,10-11H2,1-2H3. The topological polar surface area (TPSA) is 9.23 Å². The molecular weight excluding hydrogens is 327 g/mol. The van der Waals surface area contributed by atoms with Crippen LogP contribution in [0, 0.1) is 5.41 Å². The average molecular weight is 344 g/mol. The summed E-state index contributed by atoms with van der Waals surface area (Å²) in [5.74, 6) is 1.81. The van der Waals surface area contributed by atoms with Gasteiger partial charge in [-0.2, -0.15) is 0 Å². The van der Waals surface area contributed by atoms with Gasteiger partial charge >= 0.3 is 0 Å². The fourth-order valence-corrected chi connectivity index (χ4v) is 2.54. The Morgan fingerprint density at radius 3 is 2.05 bits per heavy atom. The molecule has 0 saturated heterocycles. The zero-order valence-corrected chi connectivity index (χ0v) is 14.3. The first-order valence-corrected chi connectivity index (χ1v) is 7.97. The van der Waals surface area contributed by atoms with Gasteiger partial charge in [-0.05, 0) is 41.7 Å². The van der Waals surface area contributed by atoms with Crippen LogP contribution in [-0.2, 0) is 6.42 Å². The molecule has 0 saturated carbocycles. The molecule has 0 aliphatic heterocycles. The van der Waals surface area contributed by atoms with Crippen molar-refractivity contribution in [3.8, 4) is 11.5 Å². The molecule has 21 heavy (non-hydrogen) atoms. The van der Waals surface area contributed by atoms with E-state index in [-0.39, 0.29) is 5.41 Å². The summed E-state index contributed by atoms with van der Waals surface area (Å²) in [6, 6.07) is 13.2. The first-order valence-electron chi connectivity index (χ1n) is 6.68. The molecule has 0 heterocycles. The van der Waals surface area contributed by atoms with Gasteiger partial charge in [-0.3, -0.25) is 0 Å². The highest BCUT2D eigenvalue weighted by Crippen LogP contribution is 2.36. The van der Waals surface area contributed by atoms with Crippen molar-refractivity contribution >= 4 is 34.8 Å². The Labute approximate surface area is 140 Å². The lowest BCUT2D eigenvalue weighted by Gasteiger charge is -2.21. The second kappa shape index (κ2) is 6.91. The van der Waals surface area contributed by atoms with E-state index in [0.717, 1.165) is 6.42 Å². The first-order chi connectivity index (χ1) is 9.91. The predicted octanol–water partition coefficient (Wildman–Crippen LogP) is 6.59. The van der Waals surface area contributed by atoms with E-state index in [1.165, 1.54) is 5.56 Å². The summed E-state index contributed by atoms with van der Waals surface area (Å²) in [7, 11) is 0. The number of benzene rings is 2. The molecule has 0 N–H and O–H groups in total. The molecule has 0 fully saturated rings. The molecule has 112 valence electrons. The Kier molecular flexibility index (Phi) is 5.43. The molecular formula is C17H17Cl3O. The fraction of sp³-hybridized carbons (Fsp3) is 0.294. The summed E-state index contributed by atoms with van der Waals surface area (Å²) in [5.41, 5.74) is 1.30. The SMILES string of the molecule is CC(C)(CCl)Cc1ccc(Oc2c(Cl)cccc2Cl)cc1. The molecule has 1 nitrogen and oxygen atoms in total. The highest BCUT2D eigenvalue weighted by Gasteiger charge is 2.17. The molecule has 0 atom stereocenters. The Hall–Kier alpha value is -0.890. The number of ether oxygens (including phenoxy) is 1. The van der Waals surface area contributed by atoms with E-state index < -0.39 is 0 Å². The summed E-state index contributed by atoms with van der Waals surface area (Å²) in [5, 5.41) is 0.990.